The quantitative estimate of drug-likeness (QED) is 0.386. The van der Waals surface area contributed by atoms with Gasteiger partial charge >= 0.3 is 0 Å². The van der Waals surface area contributed by atoms with Crippen LogP contribution in [-0.4, -0.2) is 41.2 Å². The lowest BCUT2D eigenvalue weighted by Crippen LogP contribution is -2.38. The predicted octanol–water partition coefficient (Wildman–Crippen LogP) is -0.0103. The van der Waals surface area contributed by atoms with E-state index in [0.717, 1.165) is 4.90 Å². The van der Waals surface area contributed by atoms with Crippen molar-refractivity contribution < 1.29 is 19.2 Å². The lowest BCUT2D eigenvalue weighted by Gasteiger charge is -2.13. The highest BCUT2D eigenvalue weighted by Gasteiger charge is 2.22. The fourth-order valence-corrected chi connectivity index (χ4v) is 1.84. The lowest BCUT2D eigenvalue weighted by atomic mass is 10.2. The molecule has 1 heterocycles. The van der Waals surface area contributed by atoms with Crippen LogP contribution in [0, 0.1) is 0 Å². The highest BCUT2D eigenvalue weighted by molar-refractivity contribution is 7.40. The molecular weight excluding hydrogens is 267 g/mol. The van der Waals surface area contributed by atoms with Gasteiger partial charge in [-0.2, -0.15) is 0 Å². The summed E-state index contributed by atoms with van der Waals surface area (Å²) in [4.78, 5) is 45.6. The molecule has 19 heavy (non-hydrogen) atoms. The number of rotatable bonds is 8. The van der Waals surface area contributed by atoms with E-state index in [1.165, 1.54) is 12.2 Å². The molecule has 0 saturated carbocycles. The van der Waals surface area contributed by atoms with Gasteiger partial charge in [0.25, 0.3) is 11.8 Å². The number of amides is 3. The molecule has 0 aromatic rings. The summed E-state index contributed by atoms with van der Waals surface area (Å²) in [7, 11) is 2.10. The molecule has 0 radical (unpaired) electrons. The van der Waals surface area contributed by atoms with Gasteiger partial charge in [0.1, 0.15) is 5.52 Å². The molecule has 0 spiro atoms. The van der Waals surface area contributed by atoms with E-state index in [9.17, 15) is 19.2 Å². The Morgan fingerprint density at radius 1 is 1.11 bits per heavy atom. The third kappa shape index (κ3) is 5.75. The molecule has 7 heteroatoms. The molecule has 1 atom stereocenters. The molecule has 1 aliphatic rings. The van der Waals surface area contributed by atoms with E-state index in [1.807, 2.05) is 0 Å². The smallest absolute Gasteiger partial charge is 0.253 e. The molecule has 0 bridgehead atoms. The molecule has 1 aliphatic heterocycles. The SMILES string of the molecule is O=C(P)CCCCC(=O)NCCN1C(=O)C=CC1=O. The molecule has 0 aromatic carbocycles. The first kappa shape index (κ1) is 15.5. The van der Waals surface area contributed by atoms with Gasteiger partial charge in [-0.1, -0.05) is 9.24 Å². The van der Waals surface area contributed by atoms with Crippen molar-refractivity contribution in [1.82, 2.24) is 10.2 Å². The van der Waals surface area contributed by atoms with Crippen LogP contribution in [0.3, 0.4) is 0 Å². The number of unbranched alkanes of at least 4 members (excludes halogenated alkanes) is 1. The maximum absolute atomic E-state index is 11.4. The van der Waals surface area contributed by atoms with Crippen LogP contribution in [0.15, 0.2) is 12.2 Å². The summed E-state index contributed by atoms with van der Waals surface area (Å²) in [5.41, 5.74) is 0.0407. The average Bonchev–Trinajstić information content (AvgIpc) is 2.66. The molecule has 0 saturated heterocycles. The first-order valence-corrected chi connectivity index (χ1v) is 6.67. The molecular formula is C12H17N2O4P. The zero-order chi connectivity index (χ0) is 14.3. The van der Waals surface area contributed by atoms with Crippen molar-refractivity contribution in [2.75, 3.05) is 13.1 Å². The van der Waals surface area contributed by atoms with Gasteiger partial charge in [0.05, 0.1) is 0 Å². The van der Waals surface area contributed by atoms with Crippen molar-refractivity contribution in [3.05, 3.63) is 12.2 Å². The monoisotopic (exact) mass is 284 g/mol. The van der Waals surface area contributed by atoms with Crippen LogP contribution in [0.1, 0.15) is 25.7 Å². The number of hydrogen-bond donors (Lipinski definition) is 1. The summed E-state index contributed by atoms with van der Waals surface area (Å²) in [6.45, 7) is 0.432. The van der Waals surface area contributed by atoms with Gasteiger partial charge in [0, 0.05) is 38.1 Å². The fourth-order valence-electron chi connectivity index (χ4n) is 1.63. The zero-order valence-electron chi connectivity index (χ0n) is 10.6. The number of imide groups is 1. The standard InChI is InChI=1S/C12H17N2O4P/c15-9(3-1-2-4-12(18)19)13-7-8-14-10(16)5-6-11(14)17/h5-6H,1-4,7-8,19H2,(H,13,15). The Labute approximate surface area is 113 Å². The highest BCUT2D eigenvalue weighted by Crippen LogP contribution is 2.04. The molecule has 0 fully saturated rings. The number of nitrogens with zero attached hydrogens (tertiary/aromatic N) is 1. The second-order valence-corrected chi connectivity index (χ2v) is 4.83. The Balaban J connectivity index is 2.09. The summed E-state index contributed by atoms with van der Waals surface area (Å²) in [6.07, 6.45) is 4.56. The predicted molar refractivity (Wildman–Crippen MR) is 72.1 cm³/mol. The van der Waals surface area contributed by atoms with E-state index < -0.39 is 0 Å². The van der Waals surface area contributed by atoms with Crippen molar-refractivity contribution in [2.24, 2.45) is 0 Å². The third-order valence-corrected chi connectivity index (χ3v) is 2.92. The van der Waals surface area contributed by atoms with Crippen molar-refractivity contribution >= 4 is 32.5 Å². The summed E-state index contributed by atoms with van der Waals surface area (Å²) in [5.74, 6) is -0.834. The summed E-state index contributed by atoms with van der Waals surface area (Å²) in [6, 6.07) is 0. The minimum absolute atomic E-state index is 0.0407. The maximum atomic E-state index is 11.4. The molecule has 6 nitrogen and oxygen atoms in total. The zero-order valence-corrected chi connectivity index (χ0v) is 11.7. The van der Waals surface area contributed by atoms with E-state index in [2.05, 4.69) is 14.6 Å². The van der Waals surface area contributed by atoms with Crippen molar-refractivity contribution in [3.63, 3.8) is 0 Å². The van der Waals surface area contributed by atoms with Gasteiger partial charge in [-0.05, 0) is 12.8 Å². The van der Waals surface area contributed by atoms with E-state index in [-0.39, 0.29) is 36.3 Å². The number of nitrogens with one attached hydrogen (secondary N) is 1. The Hall–Kier alpha value is -1.55. The van der Waals surface area contributed by atoms with E-state index in [1.54, 1.807) is 0 Å². The van der Waals surface area contributed by atoms with Crippen LogP contribution in [0.2, 0.25) is 0 Å². The van der Waals surface area contributed by atoms with Crippen molar-refractivity contribution in [3.8, 4) is 0 Å². The minimum Gasteiger partial charge on any atom is -0.354 e. The van der Waals surface area contributed by atoms with Gasteiger partial charge in [0.15, 0.2) is 0 Å². The lowest BCUT2D eigenvalue weighted by molar-refractivity contribution is -0.137. The molecule has 1 N–H and O–H groups in total. The Bertz CT molecular complexity index is 402. The van der Waals surface area contributed by atoms with E-state index in [4.69, 9.17) is 0 Å². The second-order valence-electron chi connectivity index (χ2n) is 4.18. The molecule has 0 aliphatic carbocycles. The molecule has 0 aromatic heterocycles. The largest absolute Gasteiger partial charge is 0.354 e. The topological polar surface area (TPSA) is 83.6 Å². The van der Waals surface area contributed by atoms with Crippen LogP contribution >= 0.6 is 9.24 Å². The van der Waals surface area contributed by atoms with Crippen molar-refractivity contribution in [1.29, 1.82) is 0 Å². The van der Waals surface area contributed by atoms with Crippen LogP contribution in [0.4, 0.5) is 0 Å². The van der Waals surface area contributed by atoms with Crippen LogP contribution in [0.5, 0.6) is 0 Å². The molecule has 1 unspecified atom stereocenters. The second kappa shape index (κ2) is 7.79. The first-order chi connectivity index (χ1) is 9.00. The molecule has 3 amide bonds. The normalized spacial score (nSPS) is 14.1. The molecule has 1 rings (SSSR count). The van der Waals surface area contributed by atoms with Crippen molar-refractivity contribution in [2.45, 2.75) is 25.7 Å². The molecule has 104 valence electrons. The van der Waals surface area contributed by atoms with E-state index in [0.29, 0.717) is 25.7 Å². The summed E-state index contributed by atoms with van der Waals surface area (Å²) >= 11 is 0. The van der Waals surface area contributed by atoms with Gasteiger partial charge in [0.2, 0.25) is 5.91 Å². The van der Waals surface area contributed by atoms with Gasteiger partial charge in [-0.3, -0.25) is 24.1 Å². The first-order valence-electron chi connectivity index (χ1n) is 6.09. The van der Waals surface area contributed by atoms with Crippen LogP contribution in [0.25, 0.3) is 0 Å². The third-order valence-electron chi connectivity index (χ3n) is 2.64. The summed E-state index contributed by atoms with van der Waals surface area (Å²) in [5, 5.41) is 2.64. The highest BCUT2D eigenvalue weighted by atomic mass is 31.0. The van der Waals surface area contributed by atoms with Gasteiger partial charge in [-0.25, -0.2) is 0 Å². The average molecular weight is 284 g/mol. The van der Waals surface area contributed by atoms with Crippen LogP contribution < -0.4 is 5.32 Å². The Kier molecular flexibility index (Phi) is 6.36. The van der Waals surface area contributed by atoms with Crippen LogP contribution in [-0.2, 0) is 19.2 Å². The van der Waals surface area contributed by atoms with E-state index >= 15 is 0 Å². The van der Waals surface area contributed by atoms with Gasteiger partial charge < -0.3 is 5.32 Å². The van der Waals surface area contributed by atoms with Gasteiger partial charge in [-0.15, -0.1) is 0 Å². The number of carbonyl (C=O) groups excluding carboxylic acids is 4. The maximum Gasteiger partial charge on any atom is 0.253 e. The minimum atomic E-state index is -0.349. The Morgan fingerprint density at radius 3 is 2.26 bits per heavy atom. The number of hydrogen-bond acceptors (Lipinski definition) is 4. The Morgan fingerprint density at radius 2 is 1.68 bits per heavy atom. The summed E-state index contributed by atoms with van der Waals surface area (Å²) < 4.78 is 0. The fraction of sp³-hybridized carbons (Fsp3) is 0.500. The number of carbonyl (C=O) groups is 4.